The molecule has 4 heterocycles. The van der Waals surface area contributed by atoms with Gasteiger partial charge in [-0.2, -0.15) is 0 Å². The lowest BCUT2D eigenvalue weighted by atomic mass is 10.3. The van der Waals surface area contributed by atoms with Gasteiger partial charge in [0.2, 0.25) is 0 Å². The quantitative estimate of drug-likeness (QED) is 0.599. The predicted octanol–water partition coefficient (Wildman–Crippen LogP) is 2.74. The van der Waals surface area contributed by atoms with E-state index in [2.05, 4.69) is 30.6 Å². The van der Waals surface area contributed by atoms with Crippen LogP contribution in [0, 0.1) is 6.92 Å². The molecule has 1 amide bonds. The van der Waals surface area contributed by atoms with Crippen molar-refractivity contribution in [1.82, 2.24) is 29.9 Å². The largest absolute Gasteiger partial charge is 0.296 e. The summed E-state index contributed by atoms with van der Waals surface area (Å²) in [7, 11) is 0. The molecule has 9 heteroatoms. The number of rotatable bonds is 4. The molecule has 26 heavy (non-hydrogen) atoms. The summed E-state index contributed by atoms with van der Waals surface area (Å²) in [4.78, 5) is 25.4. The normalized spacial score (nSPS) is 10.7. The van der Waals surface area contributed by atoms with Crippen LogP contribution in [0.15, 0.2) is 54.3 Å². The molecule has 0 saturated heterocycles. The Balaban J connectivity index is 1.56. The molecule has 0 unspecified atom stereocenters. The Hall–Kier alpha value is -3.46. The number of carbonyl (C=O) groups excluding carboxylic acids is 1. The molecule has 0 radical (unpaired) electrons. The second-order valence-corrected chi connectivity index (χ2v) is 6.25. The van der Waals surface area contributed by atoms with Gasteiger partial charge in [0.15, 0.2) is 10.8 Å². The summed E-state index contributed by atoms with van der Waals surface area (Å²) < 4.78 is 1.45. The molecule has 4 rings (SSSR count). The first-order valence-corrected chi connectivity index (χ1v) is 8.61. The maximum absolute atomic E-state index is 12.6. The van der Waals surface area contributed by atoms with E-state index in [9.17, 15) is 4.79 Å². The first kappa shape index (κ1) is 16.0. The van der Waals surface area contributed by atoms with Gasteiger partial charge in [0.05, 0.1) is 17.6 Å². The highest BCUT2D eigenvalue weighted by molar-refractivity contribution is 7.14. The van der Waals surface area contributed by atoms with Gasteiger partial charge in [0, 0.05) is 23.5 Å². The Labute approximate surface area is 152 Å². The lowest BCUT2D eigenvalue weighted by Gasteiger charge is -2.05. The first-order valence-electron chi connectivity index (χ1n) is 7.73. The van der Waals surface area contributed by atoms with Crippen LogP contribution in [-0.4, -0.2) is 35.9 Å². The van der Waals surface area contributed by atoms with E-state index in [0.717, 1.165) is 17.1 Å². The summed E-state index contributed by atoms with van der Waals surface area (Å²) in [6.07, 6.45) is 4.66. The van der Waals surface area contributed by atoms with E-state index in [4.69, 9.17) is 0 Å². The Morgan fingerprint density at radius 3 is 2.77 bits per heavy atom. The number of nitrogens with one attached hydrogen (secondary N) is 1. The minimum Gasteiger partial charge on any atom is -0.296 e. The van der Waals surface area contributed by atoms with Crippen molar-refractivity contribution in [3.63, 3.8) is 0 Å². The Morgan fingerprint density at radius 2 is 1.96 bits per heavy atom. The molecule has 0 bridgehead atoms. The van der Waals surface area contributed by atoms with Crippen LogP contribution in [0.1, 0.15) is 16.2 Å². The number of anilines is 1. The molecular weight excluding hydrogens is 350 g/mol. The van der Waals surface area contributed by atoms with Gasteiger partial charge in [0.1, 0.15) is 5.69 Å². The highest BCUT2D eigenvalue weighted by Gasteiger charge is 2.16. The number of hydrogen-bond acceptors (Lipinski definition) is 7. The summed E-state index contributed by atoms with van der Waals surface area (Å²) in [6.45, 7) is 1.92. The van der Waals surface area contributed by atoms with Crippen molar-refractivity contribution in [1.29, 1.82) is 0 Å². The van der Waals surface area contributed by atoms with Crippen molar-refractivity contribution in [3.8, 4) is 17.1 Å². The number of hydrogen-bond donors (Lipinski definition) is 1. The molecule has 0 fully saturated rings. The molecule has 0 aromatic carbocycles. The molecule has 0 aliphatic rings. The first-order chi connectivity index (χ1) is 12.7. The third-order valence-corrected chi connectivity index (χ3v) is 4.32. The van der Waals surface area contributed by atoms with Crippen LogP contribution in [0.5, 0.6) is 0 Å². The maximum Gasteiger partial charge on any atom is 0.277 e. The smallest absolute Gasteiger partial charge is 0.277 e. The van der Waals surface area contributed by atoms with Gasteiger partial charge in [-0.3, -0.25) is 20.1 Å². The standard InChI is InChI=1S/C17H13N7OS/c1-11-3-2-4-13(20-11)14-10-26-17(21-14)22-16(25)15-9-19-23-24(15)12-5-7-18-8-6-12/h2-10H,1H3,(H,21,22,25). The summed E-state index contributed by atoms with van der Waals surface area (Å²) in [5.74, 6) is -0.343. The maximum atomic E-state index is 12.6. The SMILES string of the molecule is Cc1cccc(-c2csc(NC(=O)c3cnnn3-c3ccncc3)n2)n1. The van der Waals surface area contributed by atoms with Crippen LogP contribution in [0.4, 0.5) is 5.13 Å². The van der Waals surface area contributed by atoms with Crippen LogP contribution < -0.4 is 5.32 Å². The van der Waals surface area contributed by atoms with Gasteiger partial charge in [-0.15, -0.1) is 16.4 Å². The zero-order valence-electron chi connectivity index (χ0n) is 13.7. The molecule has 4 aromatic heterocycles. The van der Waals surface area contributed by atoms with Gasteiger partial charge in [0.25, 0.3) is 5.91 Å². The number of thiazole rings is 1. The Kier molecular flexibility index (Phi) is 4.20. The van der Waals surface area contributed by atoms with Crippen molar-refractivity contribution < 1.29 is 4.79 Å². The summed E-state index contributed by atoms with van der Waals surface area (Å²) in [6, 6.07) is 9.23. The fourth-order valence-electron chi connectivity index (χ4n) is 2.36. The highest BCUT2D eigenvalue weighted by Crippen LogP contribution is 2.24. The minimum absolute atomic E-state index is 0.307. The summed E-state index contributed by atoms with van der Waals surface area (Å²) >= 11 is 1.33. The average molecular weight is 363 g/mol. The number of carbonyl (C=O) groups is 1. The van der Waals surface area contributed by atoms with Gasteiger partial charge >= 0.3 is 0 Å². The molecule has 8 nitrogen and oxygen atoms in total. The average Bonchev–Trinajstić information content (AvgIpc) is 3.32. The van der Waals surface area contributed by atoms with E-state index in [1.54, 1.807) is 24.5 Å². The van der Waals surface area contributed by atoms with Crippen molar-refractivity contribution in [2.24, 2.45) is 0 Å². The van der Waals surface area contributed by atoms with E-state index >= 15 is 0 Å². The van der Waals surface area contributed by atoms with Crippen LogP contribution in [0.2, 0.25) is 0 Å². The highest BCUT2D eigenvalue weighted by atomic mass is 32.1. The van der Waals surface area contributed by atoms with Crippen molar-refractivity contribution in [2.45, 2.75) is 6.92 Å². The van der Waals surface area contributed by atoms with E-state index in [1.807, 2.05) is 30.5 Å². The summed E-state index contributed by atoms with van der Waals surface area (Å²) in [5.41, 5.74) is 3.40. The van der Waals surface area contributed by atoms with Crippen molar-refractivity contribution >= 4 is 22.4 Å². The molecule has 0 atom stereocenters. The minimum atomic E-state index is -0.343. The zero-order chi connectivity index (χ0) is 17.9. The molecule has 0 spiro atoms. The molecule has 1 N–H and O–H groups in total. The summed E-state index contributed by atoms with van der Waals surface area (Å²) in [5, 5.41) is 12.9. The van der Waals surface area contributed by atoms with Gasteiger partial charge < -0.3 is 0 Å². The van der Waals surface area contributed by atoms with Crippen molar-refractivity contribution in [2.75, 3.05) is 5.32 Å². The Bertz CT molecular complexity index is 1060. The molecule has 128 valence electrons. The predicted molar refractivity (Wildman–Crippen MR) is 97.2 cm³/mol. The van der Waals surface area contributed by atoms with Crippen LogP contribution in [-0.2, 0) is 0 Å². The molecule has 4 aromatic rings. The fraction of sp³-hybridized carbons (Fsp3) is 0.0588. The molecule has 0 aliphatic carbocycles. The zero-order valence-corrected chi connectivity index (χ0v) is 14.5. The second kappa shape index (κ2) is 6.81. The van der Waals surface area contributed by atoms with Crippen LogP contribution >= 0.6 is 11.3 Å². The fourth-order valence-corrected chi connectivity index (χ4v) is 3.06. The third-order valence-electron chi connectivity index (χ3n) is 3.56. The second-order valence-electron chi connectivity index (χ2n) is 5.39. The molecular formula is C17H13N7OS. The molecule has 0 aliphatic heterocycles. The van der Waals surface area contributed by atoms with Gasteiger partial charge in [-0.05, 0) is 31.2 Å². The third kappa shape index (κ3) is 3.20. The monoisotopic (exact) mass is 363 g/mol. The van der Waals surface area contributed by atoms with E-state index < -0.39 is 0 Å². The van der Waals surface area contributed by atoms with Crippen LogP contribution in [0.25, 0.3) is 17.1 Å². The molecule has 0 saturated carbocycles. The Morgan fingerprint density at radius 1 is 1.12 bits per heavy atom. The van der Waals surface area contributed by atoms with Gasteiger partial charge in [-0.1, -0.05) is 11.3 Å². The topological polar surface area (TPSA) is 98.5 Å². The van der Waals surface area contributed by atoms with Crippen LogP contribution in [0.3, 0.4) is 0 Å². The number of nitrogens with zero attached hydrogens (tertiary/aromatic N) is 6. The van der Waals surface area contributed by atoms with E-state index in [-0.39, 0.29) is 5.91 Å². The lowest BCUT2D eigenvalue weighted by Crippen LogP contribution is -2.16. The number of amides is 1. The lowest BCUT2D eigenvalue weighted by molar-refractivity contribution is 0.101. The van der Waals surface area contributed by atoms with Crippen molar-refractivity contribution in [3.05, 3.63) is 65.7 Å². The van der Waals surface area contributed by atoms with Gasteiger partial charge in [-0.25, -0.2) is 9.67 Å². The number of aromatic nitrogens is 6. The van der Waals surface area contributed by atoms with E-state index in [1.165, 1.54) is 22.2 Å². The number of pyridine rings is 2. The van der Waals surface area contributed by atoms with E-state index in [0.29, 0.717) is 16.5 Å². The number of aryl methyl sites for hydroxylation is 1.